The molecule has 8 heteroatoms. The molecular formula is C18H16F2N4O2. The quantitative estimate of drug-likeness (QED) is 0.764. The summed E-state index contributed by atoms with van der Waals surface area (Å²) in [6.45, 7) is 0.881. The van der Waals surface area contributed by atoms with E-state index < -0.39 is 17.5 Å². The average molecular weight is 358 g/mol. The lowest BCUT2D eigenvalue weighted by Gasteiger charge is -2.31. The van der Waals surface area contributed by atoms with Gasteiger partial charge in [-0.2, -0.15) is 0 Å². The Balaban J connectivity index is 1.49. The topological polar surface area (TPSA) is 70.5 Å². The van der Waals surface area contributed by atoms with Crippen molar-refractivity contribution in [2.45, 2.75) is 18.8 Å². The van der Waals surface area contributed by atoms with E-state index in [-0.39, 0.29) is 17.0 Å². The van der Waals surface area contributed by atoms with Gasteiger partial charge in [-0.15, -0.1) is 0 Å². The minimum absolute atomic E-state index is 0.00561. The summed E-state index contributed by atoms with van der Waals surface area (Å²) in [5.41, 5.74) is 1.09. The van der Waals surface area contributed by atoms with Gasteiger partial charge in [-0.1, -0.05) is 0 Å². The van der Waals surface area contributed by atoms with Crippen LogP contribution in [0.3, 0.4) is 0 Å². The van der Waals surface area contributed by atoms with Gasteiger partial charge >= 0.3 is 0 Å². The largest absolute Gasteiger partial charge is 0.339 e. The maximum Gasteiger partial charge on any atom is 0.272 e. The van der Waals surface area contributed by atoms with Crippen molar-refractivity contribution in [1.29, 1.82) is 0 Å². The SMILES string of the molecule is O=C(c1cc(F)cc(F)c1)N1CCC(c2cc(=O)n3[nH]ccc3n2)CC1. The molecule has 0 radical (unpaired) electrons. The number of nitrogens with one attached hydrogen (secondary N) is 1. The molecule has 1 aliphatic rings. The third-order valence-corrected chi connectivity index (χ3v) is 4.71. The zero-order chi connectivity index (χ0) is 18.3. The standard InChI is InChI=1S/C18H16F2N4O2/c19-13-7-12(8-14(20)9-13)18(26)23-5-2-11(3-6-23)15-10-17(25)24-16(22-15)1-4-21-24/h1,4,7-11,21H,2-3,5-6H2. The van der Waals surface area contributed by atoms with Gasteiger partial charge in [0.1, 0.15) is 11.6 Å². The van der Waals surface area contributed by atoms with Crippen LogP contribution < -0.4 is 5.56 Å². The molecule has 1 amide bonds. The summed E-state index contributed by atoms with van der Waals surface area (Å²) in [4.78, 5) is 30.6. The van der Waals surface area contributed by atoms with Gasteiger partial charge in [0, 0.05) is 49.0 Å². The molecule has 0 unspecified atom stereocenters. The fourth-order valence-electron chi connectivity index (χ4n) is 3.39. The van der Waals surface area contributed by atoms with Crippen molar-refractivity contribution in [2.24, 2.45) is 0 Å². The molecule has 0 aliphatic carbocycles. The van der Waals surface area contributed by atoms with E-state index in [4.69, 9.17) is 0 Å². The molecule has 2 aromatic heterocycles. The fourth-order valence-corrected chi connectivity index (χ4v) is 3.39. The Bertz CT molecular complexity index is 1010. The van der Waals surface area contributed by atoms with Crippen LogP contribution in [0.1, 0.15) is 34.8 Å². The molecule has 0 spiro atoms. The normalized spacial score (nSPS) is 15.5. The molecule has 6 nitrogen and oxygen atoms in total. The van der Waals surface area contributed by atoms with E-state index in [9.17, 15) is 18.4 Å². The number of piperidine rings is 1. The van der Waals surface area contributed by atoms with Gasteiger partial charge in [0.15, 0.2) is 5.65 Å². The van der Waals surface area contributed by atoms with Crippen molar-refractivity contribution in [3.05, 3.63) is 69.8 Å². The van der Waals surface area contributed by atoms with Crippen LogP contribution in [0.15, 0.2) is 41.3 Å². The molecule has 0 bridgehead atoms. The number of hydrogen-bond donors (Lipinski definition) is 1. The zero-order valence-electron chi connectivity index (χ0n) is 13.8. The number of amides is 1. The molecule has 3 aromatic rings. The van der Waals surface area contributed by atoms with E-state index in [0.717, 1.165) is 18.2 Å². The van der Waals surface area contributed by atoms with Crippen molar-refractivity contribution in [2.75, 3.05) is 13.1 Å². The molecule has 1 saturated heterocycles. The molecule has 0 saturated carbocycles. The highest BCUT2D eigenvalue weighted by atomic mass is 19.1. The van der Waals surface area contributed by atoms with Gasteiger partial charge in [0.2, 0.25) is 0 Å². The van der Waals surface area contributed by atoms with Crippen molar-refractivity contribution in [1.82, 2.24) is 19.5 Å². The lowest BCUT2D eigenvalue weighted by Crippen LogP contribution is -2.38. The van der Waals surface area contributed by atoms with Gasteiger partial charge in [-0.3, -0.25) is 14.7 Å². The number of carbonyl (C=O) groups is 1. The molecule has 1 aromatic carbocycles. The predicted molar refractivity (Wildman–Crippen MR) is 90.0 cm³/mol. The summed E-state index contributed by atoms with van der Waals surface area (Å²) in [5, 5.41) is 2.79. The number of benzene rings is 1. The van der Waals surface area contributed by atoms with Crippen LogP contribution >= 0.6 is 0 Å². The van der Waals surface area contributed by atoms with E-state index in [1.165, 1.54) is 10.6 Å². The van der Waals surface area contributed by atoms with Crippen molar-refractivity contribution >= 4 is 11.6 Å². The van der Waals surface area contributed by atoms with Gasteiger partial charge in [0.05, 0.1) is 5.69 Å². The second kappa shape index (κ2) is 6.36. The van der Waals surface area contributed by atoms with Gasteiger partial charge < -0.3 is 4.90 Å². The number of likely N-dealkylation sites (tertiary alicyclic amines) is 1. The van der Waals surface area contributed by atoms with Crippen molar-refractivity contribution in [3.8, 4) is 0 Å². The predicted octanol–water partition coefficient (Wildman–Crippen LogP) is 2.32. The Morgan fingerprint density at radius 1 is 1.12 bits per heavy atom. The number of rotatable bonds is 2. The number of nitrogens with zero attached hydrogens (tertiary/aromatic N) is 3. The maximum absolute atomic E-state index is 13.3. The average Bonchev–Trinajstić information content (AvgIpc) is 3.09. The van der Waals surface area contributed by atoms with Crippen LogP contribution in [0.4, 0.5) is 8.78 Å². The smallest absolute Gasteiger partial charge is 0.272 e. The molecule has 1 fully saturated rings. The monoisotopic (exact) mass is 358 g/mol. The molecule has 3 heterocycles. The third-order valence-electron chi connectivity index (χ3n) is 4.71. The second-order valence-electron chi connectivity index (χ2n) is 6.40. The van der Waals surface area contributed by atoms with Crippen LogP contribution in [0, 0.1) is 11.6 Å². The Hall–Kier alpha value is -3.03. The van der Waals surface area contributed by atoms with E-state index in [1.54, 1.807) is 17.2 Å². The Morgan fingerprint density at radius 2 is 1.81 bits per heavy atom. The molecule has 4 rings (SSSR count). The number of aromatic nitrogens is 3. The van der Waals surface area contributed by atoms with E-state index in [1.807, 2.05) is 0 Å². The molecule has 134 valence electrons. The van der Waals surface area contributed by atoms with Gasteiger partial charge in [0.25, 0.3) is 11.5 Å². The molecule has 26 heavy (non-hydrogen) atoms. The number of aromatic amines is 1. The lowest BCUT2D eigenvalue weighted by atomic mass is 9.93. The number of H-pyrrole nitrogens is 1. The Labute approximate surface area is 147 Å². The van der Waals surface area contributed by atoms with Crippen LogP contribution in [-0.4, -0.2) is 38.5 Å². The first-order valence-electron chi connectivity index (χ1n) is 8.34. The van der Waals surface area contributed by atoms with E-state index >= 15 is 0 Å². The lowest BCUT2D eigenvalue weighted by molar-refractivity contribution is 0.0711. The highest BCUT2D eigenvalue weighted by Crippen LogP contribution is 2.27. The number of carbonyl (C=O) groups excluding carboxylic acids is 1. The van der Waals surface area contributed by atoms with Crippen LogP contribution in [-0.2, 0) is 0 Å². The molecule has 1 aliphatic heterocycles. The van der Waals surface area contributed by atoms with E-state index in [0.29, 0.717) is 37.3 Å². The first kappa shape index (κ1) is 16.4. The molecule has 0 atom stereocenters. The second-order valence-corrected chi connectivity index (χ2v) is 6.40. The minimum atomic E-state index is -0.771. The van der Waals surface area contributed by atoms with Gasteiger partial charge in [-0.05, 0) is 25.0 Å². The summed E-state index contributed by atoms with van der Waals surface area (Å²) in [6.07, 6.45) is 2.92. The Kier molecular flexibility index (Phi) is 4.02. The van der Waals surface area contributed by atoms with Crippen LogP contribution in [0.2, 0.25) is 0 Å². The fraction of sp³-hybridized carbons (Fsp3) is 0.278. The van der Waals surface area contributed by atoms with Crippen molar-refractivity contribution < 1.29 is 13.6 Å². The summed E-state index contributed by atoms with van der Waals surface area (Å²) < 4.78 is 28.0. The Morgan fingerprint density at radius 3 is 2.50 bits per heavy atom. The number of hydrogen-bond acceptors (Lipinski definition) is 3. The summed E-state index contributed by atoms with van der Waals surface area (Å²) in [7, 11) is 0. The number of fused-ring (bicyclic) bond motifs is 1. The van der Waals surface area contributed by atoms with Gasteiger partial charge in [-0.25, -0.2) is 18.3 Å². The minimum Gasteiger partial charge on any atom is -0.339 e. The highest BCUT2D eigenvalue weighted by molar-refractivity contribution is 5.94. The zero-order valence-corrected chi connectivity index (χ0v) is 13.8. The maximum atomic E-state index is 13.3. The first-order valence-corrected chi connectivity index (χ1v) is 8.34. The van der Waals surface area contributed by atoms with Crippen LogP contribution in [0.25, 0.3) is 5.65 Å². The number of halogens is 2. The molecule has 1 N–H and O–H groups in total. The summed E-state index contributed by atoms with van der Waals surface area (Å²) in [6, 6.07) is 6.06. The summed E-state index contributed by atoms with van der Waals surface area (Å²) in [5.74, 6) is -1.87. The van der Waals surface area contributed by atoms with Crippen LogP contribution in [0.5, 0.6) is 0 Å². The van der Waals surface area contributed by atoms with Crippen molar-refractivity contribution in [3.63, 3.8) is 0 Å². The summed E-state index contributed by atoms with van der Waals surface area (Å²) >= 11 is 0. The highest BCUT2D eigenvalue weighted by Gasteiger charge is 2.26. The van der Waals surface area contributed by atoms with E-state index in [2.05, 4.69) is 10.1 Å². The first-order chi connectivity index (χ1) is 12.5. The third kappa shape index (κ3) is 2.98. The molecular weight excluding hydrogens is 342 g/mol.